The van der Waals surface area contributed by atoms with Crippen LogP contribution in [-0.2, 0) is 4.79 Å². The summed E-state index contributed by atoms with van der Waals surface area (Å²) in [6.07, 6.45) is 4.26. The van der Waals surface area contributed by atoms with E-state index in [1.165, 1.54) is 4.90 Å². The molecule has 1 aromatic carbocycles. The van der Waals surface area contributed by atoms with Gasteiger partial charge in [-0.3, -0.25) is 9.69 Å². The van der Waals surface area contributed by atoms with Gasteiger partial charge in [0.15, 0.2) is 0 Å². The van der Waals surface area contributed by atoms with Gasteiger partial charge in [0.1, 0.15) is 6.54 Å². The standard InChI is InChI=1S/C15H20N2O3/c1-16(12-7-5-6-8-12)15(20)17(11-14(18)19)13-9-3-2-4-10-13/h2-4,9-10,12H,5-8,11H2,1H3,(H,18,19). The van der Waals surface area contributed by atoms with E-state index in [1.54, 1.807) is 36.2 Å². The summed E-state index contributed by atoms with van der Waals surface area (Å²) < 4.78 is 0. The second-order valence-corrected chi connectivity index (χ2v) is 5.15. The van der Waals surface area contributed by atoms with Crippen LogP contribution in [0, 0.1) is 0 Å². The topological polar surface area (TPSA) is 60.9 Å². The number of nitrogens with zero attached hydrogens (tertiary/aromatic N) is 2. The molecule has 0 aliphatic heterocycles. The average Bonchev–Trinajstić information content (AvgIpc) is 2.98. The summed E-state index contributed by atoms with van der Waals surface area (Å²) in [7, 11) is 1.76. The zero-order valence-electron chi connectivity index (χ0n) is 11.7. The number of hydrogen-bond acceptors (Lipinski definition) is 2. The van der Waals surface area contributed by atoms with Gasteiger partial charge in [0.25, 0.3) is 0 Å². The number of carbonyl (C=O) groups is 2. The van der Waals surface area contributed by atoms with Gasteiger partial charge in [-0.05, 0) is 25.0 Å². The summed E-state index contributed by atoms with van der Waals surface area (Å²) in [6.45, 7) is -0.320. The van der Waals surface area contributed by atoms with Gasteiger partial charge in [0.05, 0.1) is 0 Å². The summed E-state index contributed by atoms with van der Waals surface area (Å²) >= 11 is 0. The maximum absolute atomic E-state index is 12.6. The summed E-state index contributed by atoms with van der Waals surface area (Å²) in [5, 5.41) is 9.03. The Hall–Kier alpha value is -2.04. The van der Waals surface area contributed by atoms with Crippen LogP contribution in [0.5, 0.6) is 0 Å². The number of aliphatic carboxylic acids is 1. The van der Waals surface area contributed by atoms with Crippen LogP contribution in [-0.4, -0.2) is 41.6 Å². The van der Waals surface area contributed by atoms with Crippen LogP contribution in [0.15, 0.2) is 30.3 Å². The zero-order chi connectivity index (χ0) is 14.5. The quantitative estimate of drug-likeness (QED) is 0.919. The second-order valence-electron chi connectivity index (χ2n) is 5.15. The molecule has 0 saturated heterocycles. The van der Waals surface area contributed by atoms with Gasteiger partial charge in [-0.1, -0.05) is 31.0 Å². The number of carboxylic acid groups (broad SMARTS) is 1. The Morgan fingerprint density at radius 2 is 1.80 bits per heavy atom. The third kappa shape index (κ3) is 3.29. The Balaban J connectivity index is 2.17. The SMILES string of the molecule is CN(C(=O)N(CC(=O)O)c1ccccc1)C1CCCC1. The first-order valence-electron chi connectivity index (χ1n) is 6.91. The molecule has 1 aliphatic rings. The van der Waals surface area contributed by atoms with Crippen molar-refractivity contribution in [2.45, 2.75) is 31.7 Å². The highest BCUT2D eigenvalue weighted by atomic mass is 16.4. The van der Waals surface area contributed by atoms with Crippen LogP contribution >= 0.6 is 0 Å². The van der Waals surface area contributed by atoms with Gasteiger partial charge in [0, 0.05) is 18.8 Å². The predicted molar refractivity (Wildman–Crippen MR) is 76.8 cm³/mol. The van der Waals surface area contributed by atoms with Crippen LogP contribution in [0.3, 0.4) is 0 Å². The highest BCUT2D eigenvalue weighted by Gasteiger charge is 2.28. The molecule has 0 atom stereocenters. The summed E-state index contributed by atoms with van der Waals surface area (Å²) in [5.74, 6) is -1.01. The molecule has 5 heteroatoms. The number of carbonyl (C=O) groups excluding carboxylic acids is 1. The molecule has 1 N–H and O–H groups in total. The fourth-order valence-electron chi connectivity index (χ4n) is 2.65. The molecule has 0 aromatic heterocycles. The number of carboxylic acids is 1. The Bertz CT molecular complexity index is 469. The third-order valence-corrected chi connectivity index (χ3v) is 3.77. The Morgan fingerprint density at radius 1 is 1.20 bits per heavy atom. The molecule has 0 unspecified atom stereocenters. The van der Waals surface area contributed by atoms with E-state index in [9.17, 15) is 9.59 Å². The fourth-order valence-corrected chi connectivity index (χ4v) is 2.65. The van der Waals surface area contributed by atoms with Crippen LogP contribution in [0.25, 0.3) is 0 Å². The highest BCUT2D eigenvalue weighted by Crippen LogP contribution is 2.24. The normalized spacial score (nSPS) is 15.1. The molecule has 108 valence electrons. The smallest absolute Gasteiger partial charge is 0.325 e. The number of urea groups is 1. The van der Waals surface area contributed by atoms with Gasteiger partial charge < -0.3 is 10.0 Å². The summed E-state index contributed by atoms with van der Waals surface area (Å²) in [6, 6.07) is 8.92. The molecule has 0 spiro atoms. The van der Waals surface area contributed by atoms with E-state index < -0.39 is 5.97 Å². The van der Waals surface area contributed by atoms with E-state index in [-0.39, 0.29) is 18.6 Å². The molecule has 0 bridgehead atoms. The minimum atomic E-state index is -1.01. The molecule has 0 heterocycles. The highest BCUT2D eigenvalue weighted by molar-refractivity contribution is 5.96. The predicted octanol–water partition coefficient (Wildman–Crippen LogP) is 2.57. The molecule has 0 radical (unpaired) electrons. The molecular formula is C15H20N2O3. The number of rotatable bonds is 4. The van der Waals surface area contributed by atoms with Crippen molar-refractivity contribution < 1.29 is 14.7 Å². The van der Waals surface area contributed by atoms with E-state index in [1.807, 2.05) is 6.07 Å². The van der Waals surface area contributed by atoms with Crippen LogP contribution in [0.4, 0.5) is 10.5 Å². The first-order chi connectivity index (χ1) is 9.59. The largest absolute Gasteiger partial charge is 0.480 e. The fraction of sp³-hybridized carbons (Fsp3) is 0.467. The van der Waals surface area contributed by atoms with Crippen LogP contribution in [0.2, 0.25) is 0 Å². The monoisotopic (exact) mass is 276 g/mol. The molecule has 2 rings (SSSR count). The number of benzene rings is 1. The van der Waals surface area contributed by atoms with E-state index in [0.29, 0.717) is 5.69 Å². The molecule has 1 fully saturated rings. The first-order valence-corrected chi connectivity index (χ1v) is 6.91. The maximum atomic E-state index is 12.6. The maximum Gasteiger partial charge on any atom is 0.325 e. The lowest BCUT2D eigenvalue weighted by Crippen LogP contribution is -2.47. The molecule has 2 amide bonds. The molecular weight excluding hydrogens is 256 g/mol. The van der Waals surface area contributed by atoms with Gasteiger partial charge >= 0.3 is 12.0 Å². The lowest BCUT2D eigenvalue weighted by atomic mass is 10.2. The number of hydrogen-bond donors (Lipinski definition) is 1. The van der Waals surface area contributed by atoms with Crippen molar-refractivity contribution in [3.05, 3.63) is 30.3 Å². The Morgan fingerprint density at radius 3 is 2.35 bits per heavy atom. The molecule has 5 nitrogen and oxygen atoms in total. The minimum absolute atomic E-state index is 0.225. The summed E-state index contributed by atoms with van der Waals surface area (Å²) in [5.41, 5.74) is 0.616. The number of amides is 2. The van der Waals surface area contributed by atoms with Crippen molar-refractivity contribution in [2.24, 2.45) is 0 Å². The van der Waals surface area contributed by atoms with Crippen molar-refractivity contribution >= 4 is 17.7 Å². The number of para-hydroxylation sites is 1. The lowest BCUT2D eigenvalue weighted by Gasteiger charge is -2.31. The van der Waals surface area contributed by atoms with Crippen molar-refractivity contribution in [2.75, 3.05) is 18.5 Å². The van der Waals surface area contributed by atoms with E-state index in [4.69, 9.17) is 5.11 Å². The van der Waals surface area contributed by atoms with E-state index in [2.05, 4.69) is 0 Å². The zero-order valence-corrected chi connectivity index (χ0v) is 11.7. The van der Waals surface area contributed by atoms with E-state index >= 15 is 0 Å². The van der Waals surface area contributed by atoms with Crippen molar-refractivity contribution in [1.29, 1.82) is 0 Å². The molecule has 1 saturated carbocycles. The van der Waals surface area contributed by atoms with Gasteiger partial charge in [0.2, 0.25) is 0 Å². The first kappa shape index (κ1) is 14.4. The Kier molecular flexibility index (Phi) is 4.61. The van der Waals surface area contributed by atoms with E-state index in [0.717, 1.165) is 25.7 Å². The second kappa shape index (κ2) is 6.41. The van der Waals surface area contributed by atoms with Crippen LogP contribution < -0.4 is 4.90 Å². The van der Waals surface area contributed by atoms with Crippen LogP contribution in [0.1, 0.15) is 25.7 Å². The average molecular weight is 276 g/mol. The number of anilines is 1. The van der Waals surface area contributed by atoms with Gasteiger partial charge in [-0.25, -0.2) is 4.79 Å². The van der Waals surface area contributed by atoms with Crippen molar-refractivity contribution in [1.82, 2.24) is 4.90 Å². The molecule has 20 heavy (non-hydrogen) atoms. The van der Waals surface area contributed by atoms with Gasteiger partial charge in [-0.15, -0.1) is 0 Å². The molecule has 1 aromatic rings. The lowest BCUT2D eigenvalue weighted by molar-refractivity contribution is -0.135. The molecule has 1 aliphatic carbocycles. The Labute approximate surface area is 118 Å². The van der Waals surface area contributed by atoms with Crippen molar-refractivity contribution in [3.8, 4) is 0 Å². The minimum Gasteiger partial charge on any atom is -0.480 e. The summed E-state index contributed by atoms with van der Waals surface area (Å²) in [4.78, 5) is 26.6. The third-order valence-electron chi connectivity index (χ3n) is 3.77. The van der Waals surface area contributed by atoms with Crippen molar-refractivity contribution in [3.63, 3.8) is 0 Å². The van der Waals surface area contributed by atoms with Gasteiger partial charge in [-0.2, -0.15) is 0 Å².